The van der Waals surface area contributed by atoms with Crippen molar-refractivity contribution in [2.75, 3.05) is 4.90 Å². The predicted molar refractivity (Wildman–Crippen MR) is 116 cm³/mol. The van der Waals surface area contributed by atoms with Crippen LogP contribution >= 0.6 is 45.8 Å². The Bertz CT molecular complexity index is 969. The zero-order chi connectivity index (χ0) is 19.1. The number of carbonyl (C=O) groups is 2. The Hall–Kier alpha value is -1.37. The summed E-state index contributed by atoms with van der Waals surface area (Å²) in [6.07, 6.45) is 2.20. The van der Waals surface area contributed by atoms with E-state index in [1.807, 2.05) is 30.3 Å². The highest BCUT2D eigenvalue weighted by atomic mass is 127. The highest BCUT2D eigenvalue weighted by Gasteiger charge is 2.40. The van der Waals surface area contributed by atoms with E-state index in [4.69, 9.17) is 23.2 Å². The summed E-state index contributed by atoms with van der Waals surface area (Å²) in [6, 6.07) is 13.0. The fourth-order valence-corrected chi connectivity index (χ4v) is 4.83. The van der Waals surface area contributed by atoms with Gasteiger partial charge in [-0.1, -0.05) is 29.3 Å². The number of allylic oxidation sites excluding steroid dienone is 2. The molecule has 4 rings (SSSR count). The fraction of sp³-hybridized carbons (Fsp3) is 0.238. The summed E-state index contributed by atoms with van der Waals surface area (Å²) in [5, 5.41) is 1.03. The molecule has 0 bridgehead atoms. The van der Waals surface area contributed by atoms with E-state index in [1.165, 1.54) is 0 Å². The van der Waals surface area contributed by atoms with Crippen LogP contribution in [0.4, 0.5) is 5.69 Å². The minimum atomic E-state index is -0.315. The third-order valence-electron chi connectivity index (χ3n) is 5.10. The van der Waals surface area contributed by atoms with Crippen LogP contribution in [0.3, 0.4) is 0 Å². The maximum atomic E-state index is 13.1. The first-order chi connectivity index (χ1) is 13.0. The maximum Gasteiger partial charge on any atom is 0.232 e. The monoisotopic (exact) mass is 511 g/mol. The van der Waals surface area contributed by atoms with Crippen LogP contribution in [0, 0.1) is 3.57 Å². The van der Waals surface area contributed by atoms with Gasteiger partial charge in [-0.25, -0.2) is 0 Å². The van der Waals surface area contributed by atoms with Crippen molar-refractivity contribution >= 4 is 63.2 Å². The lowest BCUT2D eigenvalue weighted by Crippen LogP contribution is -2.40. The number of Topliss-reactive ketones (excluding diaryl/α,β-unsaturated/α-hetero) is 1. The number of carbonyl (C=O) groups excluding carboxylic acids is 2. The fourth-order valence-electron chi connectivity index (χ4n) is 3.93. The molecule has 2 aromatic carbocycles. The Kier molecular flexibility index (Phi) is 5.32. The van der Waals surface area contributed by atoms with Crippen LogP contribution in [0.2, 0.25) is 10.0 Å². The molecule has 0 aromatic heterocycles. The molecular weight excluding hydrogens is 496 g/mol. The minimum absolute atomic E-state index is 0.0133. The predicted octanol–water partition coefficient (Wildman–Crippen LogP) is 6.13. The summed E-state index contributed by atoms with van der Waals surface area (Å²) in [5.74, 6) is -0.221. The molecular formula is C21H16Cl2INO2. The second-order valence-electron chi connectivity index (χ2n) is 6.77. The van der Waals surface area contributed by atoms with E-state index in [0.29, 0.717) is 22.9 Å². The smallest absolute Gasteiger partial charge is 0.232 e. The Morgan fingerprint density at radius 3 is 2.44 bits per heavy atom. The summed E-state index contributed by atoms with van der Waals surface area (Å²) >= 11 is 14.7. The third-order valence-corrected chi connectivity index (χ3v) is 6.38. The number of benzene rings is 2. The van der Waals surface area contributed by atoms with Gasteiger partial charge in [0.1, 0.15) is 0 Å². The van der Waals surface area contributed by atoms with Crippen molar-refractivity contribution in [3.8, 4) is 0 Å². The van der Waals surface area contributed by atoms with Gasteiger partial charge in [0.05, 0.1) is 0 Å². The van der Waals surface area contributed by atoms with E-state index in [1.54, 1.807) is 17.0 Å². The lowest BCUT2D eigenvalue weighted by atomic mass is 9.77. The van der Waals surface area contributed by atoms with Gasteiger partial charge < -0.3 is 0 Å². The van der Waals surface area contributed by atoms with Gasteiger partial charge in [0.25, 0.3) is 0 Å². The van der Waals surface area contributed by atoms with E-state index in [-0.39, 0.29) is 24.0 Å². The molecule has 3 nitrogen and oxygen atoms in total. The lowest BCUT2D eigenvalue weighted by molar-refractivity contribution is -0.119. The normalized spacial score (nSPS) is 20.1. The molecule has 6 heteroatoms. The summed E-state index contributed by atoms with van der Waals surface area (Å²) in [5.41, 5.74) is 3.14. The van der Waals surface area contributed by atoms with Gasteiger partial charge in [-0.15, -0.1) is 0 Å². The number of halogens is 3. The molecule has 1 aliphatic carbocycles. The van der Waals surface area contributed by atoms with Crippen molar-refractivity contribution in [3.05, 3.63) is 72.9 Å². The number of nitrogens with zero attached hydrogens (tertiary/aromatic N) is 1. The minimum Gasteiger partial charge on any atom is -0.294 e. The van der Waals surface area contributed by atoms with E-state index in [9.17, 15) is 9.59 Å². The first-order valence-electron chi connectivity index (χ1n) is 8.75. The molecule has 1 aliphatic heterocycles. The highest BCUT2D eigenvalue weighted by Crippen LogP contribution is 2.45. The molecule has 1 amide bonds. The van der Waals surface area contributed by atoms with E-state index in [2.05, 4.69) is 22.6 Å². The first-order valence-corrected chi connectivity index (χ1v) is 10.6. The maximum absolute atomic E-state index is 13.1. The first kappa shape index (κ1) is 19.0. The highest BCUT2D eigenvalue weighted by molar-refractivity contribution is 14.1. The molecule has 0 radical (unpaired) electrons. The van der Waals surface area contributed by atoms with Crippen LogP contribution in [0.5, 0.6) is 0 Å². The molecule has 2 aliphatic rings. The summed E-state index contributed by atoms with van der Waals surface area (Å²) in [4.78, 5) is 27.7. The summed E-state index contributed by atoms with van der Waals surface area (Å²) < 4.78 is 1.10. The van der Waals surface area contributed by atoms with Crippen molar-refractivity contribution in [3.63, 3.8) is 0 Å². The van der Waals surface area contributed by atoms with Crippen LogP contribution < -0.4 is 4.90 Å². The molecule has 0 saturated carbocycles. The molecule has 138 valence electrons. The van der Waals surface area contributed by atoms with E-state index >= 15 is 0 Å². The van der Waals surface area contributed by atoms with Crippen molar-refractivity contribution < 1.29 is 9.59 Å². The summed E-state index contributed by atoms with van der Waals surface area (Å²) in [6.45, 7) is 0. The Morgan fingerprint density at radius 1 is 1.00 bits per heavy atom. The Morgan fingerprint density at radius 2 is 1.74 bits per heavy atom. The van der Waals surface area contributed by atoms with Gasteiger partial charge in [-0.05, 0) is 77.4 Å². The number of hydrogen-bond donors (Lipinski definition) is 0. The number of hydrogen-bond acceptors (Lipinski definition) is 2. The van der Waals surface area contributed by atoms with E-state index in [0.717, 1.165) is 32.5 Å². The number of amides is 1. The van der Waals surface area contributed by atoms with Gasteiger partial charge >= 0.3 is 0 Å². The second-order valence-corrected chi connectivity index (χ2v) is 8.85. The number of rotatable bonds is 2. The second kappa shape index (κ2) is 7.57. The standard InChI is InChI=1S/C21H16Cl2INO2/c22-12-4-9-15(17(23)10-12)16-11-20(27)25(14-7-5-13(24)6-8-14)18-2-1-3-19(26)21(16)18/h4-10,16H,1-3,11H2. The number of ketones is 1. The van der Waals surface area contributed by atoms with Crippen molar-refractivity contribution in [2.45, 2.75) is 31.6 Å². The van der Waals surface area contributed by atoms with Crippen LogP contribution in [-0.4, -0.2) is 11.7 Å². The average Bonchev–Trinajstić information content (AvgIpc) is 2.62. The van der Waals surface area contributed by atoms with Crippen LogP contribution in [0.25, 0.3) is 0 Å². The van der Waals surface area contributed by atoms with Gasteiger partial charge in [0, 0.05) is 49.3 Å². The Labute approximate surface area is 181 Å². The molecule has 1 unspecified atom stereocenters. The third kappa shape index (κ3) is 3.55. The Balaban J connectivity index is 1.87. The molecule has 1 heterocycles. The average molecular weight is 512 g/mol. The van der Waals surface area contributed by atoms with Crippen LogP contribution in [0.1, 0.15) is 37.2 Å². The molecule has 0 fully saturated rings. The van der Waals surface area contributed by atoms with Gasteiger partial charge in [-0.3, -0.25) is 14.5 Å². The lowest BCUT2D eigenvalue weighted by Gasteiger charge is -2.38. The SMILES string of the molecule is O=C1CCCC2=C1C(c1ccc(Cl)cc1Cl)CC(=O)N2c1ccc(I)cc1. The number of anilines is 1. The molecule has 0 saturated heterocycles. The topological polar surface area (TPSA) is 37.4 Å². The van der Waals surface area contributed by atoms with Crippen LogP contribution in [0.15, 0.2) is 53.7 Å². The zero-order valence-electron chi connectivity index (χ0n) is 14.3. The van der Waals surface area contributed by atoms with Crippen molar-refractivity contribution in [1.82, 2.24) is 0 Å². The van der Waals surface area contributed by atoms with Gasteiger partial charge in [0.15, 0.2) is 5.78 Å². The molecule has 27 heavy (non-hydrogen) atoms. The quantitative estimate of drug-likeness (QED) is 0.455. The molecule has 0 N–H and O–H groups in total. The van der Waals surface area contributed by atoms with Crippen molar-refractivity contribution in [1.29, 1.82) is 0 Å². The van der Waals surface area contributed by atoms with E-state index < -0.39 is 0 Å². The van der Waals surface area contributed by atoms with Crippen molar-refractivity contribution in [2.24, 2.45) is 0 Å². The zero-order valence-corrected chi connectivity index (χ0v) is 18.0. The van der Waals surface area contributed by atoms with Gasteiger partial charge in [-0.2, -0.15) is 0 Å². The molecule has 1 atom stereocenters. The molecule has 0 spiro atoms. The van der Waals surface area contributed by atoms with Gasteiger partial charge in [0.2, 0.25) is 5.91 Å². The largest absolute Gasteiger partial charge is 0.294 e. The van der Waals surface area contributed by atoms with Crippen LogP contribution in [-0.2, 0) is 9.59 Å². The molecule has 2 aromatic rings. The summed E-state index contributed by atoms with van der Waals surface area (Å²) in [7, 11) is 0.